The number of ether oxygens (including phenoxy) is 1. The van der Waals surface area contributed by atoms with E-state index in [-0.39, 0.29) is 12.3 Å². The van der Waals surface area contributed by atoms with Gasteiger partial charge in [0.2, 0.25) is 0 Å². The number of alkyl carbamates (subject to hydrolysis) is 1. The first-order valence-corrected chi connectivity index (χ1v) is 7.07. The smallest absolute Gasteiger partial charge is 0.408 e. The zero-order valence-electron chi connectivity index (χ0n) is 12.6. The van der Waals surface area contributed by atoms with Gasteiger partial charge < -0.3 is 15.2 Å². The van der Waals surface area contributed by atoms with E-state index in [1.807, 2.05) is 0 Å². The Labute approximate surface area is 120 Å². The second-order valence-electron chi connectivity index (χ2n) is 6.38. The molecule has 0 aromatic rings. The highest BCUT2D eigenvalue weighted by molar-refractivity contribution is 5.85. The predicted molar refractivity (Wildman–Crippen MR) is 76.5 cm³/mol. The van der Waals surface area contributed by atoms with Crippen LogP contribution in [0.3, 0.4) is 0 Å². The molecule has 0 bridgehead atoms. The van der Waals surface area contributed by atoms with E-state index in [0.717, 1.165) is 25.7 Å². The topological polar surface area (TPSA) is 75.6 Å². The lowest BCUT2D eigenvalue weighted by Gasteiger charge is -2.35. The average Bonchev–Trinajstić information content (AvgIpc) is 2.78. The first kappa shape index (κ1) is 16.5. The number of carboxylic acids is 1. The van der Waals surface area contributed by atoms with Gasteiger partial charge in [0.05, 0.1) is 0 Å². The maximum Gasteiger partial charge on any atom is 0.408 e. The van der Waals surface area contributed by atoms with E-state index in [9.17, 15) is 14.7 Å². The van der Waals surface area contributed by atoms with Gasteiger partial charge in [0.15, 0.2) is 0 Å². The molecule has 0 aromatic heterocycles. The second-order valence-corrected chi connectivity index (χ2v) is 6.38. The molecule has 0 aromatic carbocycles. The number of hydrogen-bond acceptors (Lipinski definition) is 3. The van der Waals surface area contributed by atoms with Gasteiger partial charge in [-0.25, -0.2) is 9.59 Å². The molecule has 1 aliphatic carbocycles. The van der Waals surface area contributed by atoms with Crippen molar-refractivity contribution in [3.8, 4) is 0 Å². The molecule has 0 aliphatic heterocycles. The van der Waals surface area contributed by atoms with Crippen molar-refractivity contribution < 1.29 is 19.4 Å². The molecular formula is C15H25NO4. The van der Waals surface area contributed by atoms with Crippen LogP contribution in [0.2, 0.25) is 0 Å². The lowest BCUT2D eigenvalue weighted by Crippen LogP contribution is -2.59. The molecule has 1 fully saturated rings. The summed E-state index contributed by atoms with van der Waals surface area (Å²) in [4.78, 5) is 23.8. The van der Waals surface area contributed by atoms with Crippen molar-refractivity contribution >= 4 is 12.1 Å². The minimum absolute atomic E-state index is 0.0782. The van der Waals surface area contributed by atoms with Gasteiger partial charge in [-0.2, -0.15) is 0 Å². The third-order valence-corrected chi connectivity index (χ3v) is 3.62. The summed E-state index contributed by atoms with van der Waals surface area (Å²) in [7, 11) is 0. The molecule has 1 aliphatic rings. The number of carbonyl (C=O) groups excluding carboxylic acids is 1. The van der Waals surface area contributed by atoms with Crippen LogP contribution < -0.4 is 5.32 Å². The first-order chi connectivity index (χ1) is 9.21. The molecule has 0 saturated heterocycles. The highest BCUT2D eigenvalue weighted by atomic mass is 16.6. The predicted octanol–water partition coefficient (Wildman–Crippen LogP) is 3.10. The maximum absolute atomic E-state index is 12.0. The first-order valence-electron chi connectivity index (χ1n) is 7.07. The zero-order chi connectivity index (χ0) is 15.4. The van der Waals surface area contributed by atoms with E-state index in [1.165, 1.54) is 0 Å². The Hall–Kier alpha value is -1.52. The molecule has 20 heavy (non-hydrogen) atoms. The van der Waals surface area contributed by atoms with Crippen LogP contribution in [-0.4, -0.2) is 28.3 Å². The largest absolute Gasteiger partial charge is 0.479 e. The number of nitrogens with one attached hydrogen (secondary N) is 1. The van der Waals surface area contributed by atoms with Gasteiger partial charge in [-0.3, -0.25) is 0 Å². The molecule has 0 heterocycles. The van der Waals surface area contributed by atoms with E-state index in [1.54, 1.807) is 26.8 Å². The normalized spacial score (nSPS) is 19.1. The number of carboxylic acid groups (broad SMARTS) is 1. The molecule has 0 spiro atoms. The van der Waals surface area contributed by atoms with Crippen molar-refractivity contribution in [1.82, 2.24) is 5.32 Å². The lowest BCUT2D eigenvalue weighted by molar-refractivity contribution is -0.147. The summed E-state index contributed by atoms with van der Waals surface area (Å²) in [6.07, 6.45) is 4.65. The van der Waals surface area contributed by atoms with Crippen molar-refractivity contribution in [1.29, 1.82) is 0 Å². The minimum Gasteiger partial charge on any atom is -0.479 e. The summed E-state index contributed by atoms with van der Waals surface area (Å²) in [5.74, 6) is -1.10. The van der Waals surface area contributed by atoms with E-state index >= 15 is 0 Å². The standard InChI is InChI=1S/C15H25NO4/c1-5-10-15(12(17)18,11-8-6-7-9-11)16-13(19)20-14(2,3)4/h5,11H,1,6-10H2,2-4H3,(H,16,19)(H,17,18)/t15-/m1/s1. The van der Waals surface area contributed by atoms with Gasteiger partial charge in [0.1, 0.15) is 11.1 Å². The molecule has 1 rings (SSSR count). The van der Waals surface area contributed by atoms with Gasteiger partial charge in [0.25, 0.3) is 0 Å². The molecule has 0 radical (unpaired) electrons. The van der Waals surface area contributed by atoms with Gasteiger partial charge in [-0.15, -0.1) is 6.58 Å². The van der Waals surface area contributed by atoms with Crippen molar-refractivity contribution in [2.75, 3.05) is 0 Å². The molecule has 1 atom stereocenters. The van der Waals surface area contributed by atoms with Crippen LogP contribution in [0.25, 0.3) is 0 Å². The van der Waals surface area contributed by atoms with Crippen LogP contribution in [-0.2, 0) is 9.53 Å². The molecule has 2 N–H and O–H groups in total. The Morgan fingerprint density at radius 1 is 1.35 bits per heavy atom. The monoisotopic (exact) mass is 283 g/mol. The second kappa shape index (κ2) is 6.29. The SMILES string of the molecule is C=CC[C@](NC(=O)OC(C)(C)C)(C(=O)O)C1CCCC1. The fraction of sp³-hybridized carbons (Fsp3) is 0.733. The molecule has 114 valence electrons. The number of amides is 1. The van der Waals surface area contributed by atoms with Crippen LogP contribution in [0.4, 0.5) is 4.79 Å². The molecule has 5 nitrogen and oxygen atoms in total. The molecule has 5 heteroatoms. The number of hydrogen-bond donors (Lipinski definition) is 2. The number of aliphatic carboxylic acids is 1. The van der Waals surface area contributed by atoms with E-state index < -0.39 is 23.2 Å². The molecular weight excluding hydrogens is 258 g/mol. The Balaban J connectivity index is 2.94. The highest BCUT2D eigenvalue weighted by Gasteiger charge is 2.47. The van der Waals surface area contributed by atoms with Crippen molar-refractivity contribution in [3.05, 3.63) is 12.7 Å². The van der Waals surface area contributed by atoms with Crippen LogP contribution >= 0.6 is 0 Å². The third kappa shape index (κ3) is 3.99. The zero-order valence-corrected chi connectivity index (χ0v) is 12.6. The summed E-state index contributed by atoms with van der Waals surface area (Å²) in [5.41, 5.74) is -1.96. The fourth-order valence-corrected chi connectivity index (χ4v) is 2.77. The highest BCUT2D eigenvalue weighted by Crippen LogP contribution is 2.37. The molecule has 1 amide bonds. The summed E-state index contributed by atoms with van der Waals surface area (Å²) < 4.78 is 5.20. The quantitative estimate of drug-likeness (QED) is 0.760. The van der Waals surface area contributed by atoms with Crippen molar-refractivity contribution in [3.63, 3.8) is 0 Å². The van der Waals surface area contributed by atoms with Gasteiger partial charge in [0, 0.05) is 0 Å². The third-order valence-electron chi connectivity index (χ3n) is 3.62. The van der Waals surface area contributed by atoms with E-state index in [0.29, 0.717) is 0 Å². The van der Waals surface area contributed by atoms with E-state index in [2.05, 4.69) is 11.9 Å². The Morgan fingerprint density at radius 2 is 1.90 bits per heavy atom. The Morgan fingerprint density at radius 3 is 2.30 bits per heavy atom. The van der Waals surface area contributed by atoms with Gasteiger partial charge >= 0.3 is 12.1 Å². The minimum atomic E-state index is -1.30. The summed E-state index contributed by atoms with van der Waals surface area (Å²) >= 11 is 0. The molecule has 0 unspecified atom stereocenters. The van der Waals surface area contributed by atoms with Gasteiger partial charge in [-0.1, -0.05) is 18.9 Å². The van der Waals surface area contributed by atoms with Crippen molar-refractivity contribution in [2.45, 2.75) is 64.0 Å². The summed E-state index contributed by atoms with van der Waals surface area (Å²) in [6.45, 7) is 8.87. The van der Waals surface area contributed by atoms with Gasteiger partial charge in [-0.05, 0) is 46.0 Å². The summed E-state index contributed by atoms with van der Waals surface area (Å²) in [6, 6.07) is 0. The Kier molecular flexibility index (Phi) is 5.20. The summed E-state index contributed by atoms with van der Waals surface area (Å²) in [5, 5.41) is 12.2. The number of rotatable bonds is 5. The fourth-order valence-electron chi connectivity index (χ4n) is 2.77. The van der Waals surface area contributed by atoms with Crippen molar-refractivity contribution in [2.24, 2.45) is 5.92 Å². The Bertz CT molecular complexity index is 380. The number of carbonyl (C=O) groups is 2. The van der Waals surface area contributed by atoms with E-state index in [4.69, 9.17) is 4.74 Å². The molecule has 1 saturated carbocycles. The lowest BCUT2D eigenvalue weighted by atomic mass is 9.80. The van der Waals surface area contributed by atoms with Crippen LogP contribution in [0.1, 0.15) is 52.9 Å². The van der Waals surface area contributed by atoms with Crippen LogP contribution in [0.5, 0.6) is 0 Å². The average molecular weight is 283 g/mol. The van der Waals surface area contributed by atoms with Crippen LogP contribution in [0, 0.1) is 5.92 Å². The van der Waals surface area contributed by atoms with Crippen LogP contribution in [0.15, 0.2) is 12.7 Å². The maximum atomic E-state index is 12.0.